The van der Waals surface area contributed by atoms with E-state index in [1.807, 2.05) is 37.3 Å². The molecule has 33 heavy (non-hydrogen) atoms. The number of rotatable bonds is 6. The zero-order chi connectivity index (χ0) is 23.8. The number of amides is 3. The fourth-order valence-corrected chi connectivity index (χ4v) is 5.81. The van der Waals surface area contributed by atoms with Gasteiger partial charge in [0.05, 0.1) is 23.6 Å². The molecule has 172 valence electrons. The van der Waals surface area contributed by atoms with Crippen molar-refractivity contribution in [2.45, 2.75) is 25.4 Å². The normalized spacial score (nSPS) is 20.8. The summed E-state index contributed by atoms with van der Waals surface area (Å²) in [6.45, 7) is 1.89. The summed E-state index contributed by atoms with van der Waals surface area (Å²) in [5, 5.41) is 5.47. The van der Waals surface area contributed by atoms with Gasteiger partial charge in [-0.2, -0.15) is 0 Å². The standard InChI is InChI=1S/C23H22ClN3O5S/c1-14(15-5-3-2-4-6-15)25-21(28)16-7-9-17(10-8-16)26-20-19(24)22(29)27(23(20)30)18-11-12-33(31,32)13-18/h2-10,14,18,26H,11-13H2,1H3,(H,25,28). The lowest BCUT2D eigenvalue weighted by molar-refractivity contribution is -0.139. The van der Waals surface area contributed by atoms with Gasteiger partial charge in [0, 0.05) is 11.3 Å². The Morgan fingerprint density at radius 2 is 1.73 bits per heavy atom. The Morgan fingerprint density at radius 3 is 2.33 bits per heavy atom. The lowest BCUT2D eigenvalue weighted by Gasteiger charge is -2.21. The molecule has 0 aliphatic carbocycles. The van der Waals surface area contributed by atoms with Gasteiger partial charge in [-0.15, -0.1) is 0 Å². The molecule has 0 bridgehead atoms. The van der Waals surface area contributed by atoms with Gasteiger partial charge in [-0.1, -0.05) is 41.9 Å². The minimum atomic E-state index is -3.28. The first-order chi connectivity index (χ1) is 15.7. The smallest absolute Gasteiger partial charge is 0.279 e. The highest BCUT2D eigenvalue weighted by Crippen LogP contribution is 2.30. The van der Waals surface area contributed by atoms with E-state index in [1.54, 1.807) is 24.3 Å². The second-order valence-electron chi connectivity index (χ2n) is 8.03. The van der Waals surface area contributed by atoms with Crippen molar-refractivity contribution in [1.82, 2.24) is 10.2 Å². The van der Waals surface area contributed by atoms with Gasteiger partial charge in [-0.05, 0) is 43.2 Å². The largest absolute Gasteiger partial charge is 0.350 e. The zero-order valence-corrected chi connectivity index (χ0v) is 19.3. The Kier molecular flexibility index (Phi) is 6.27. The number of imide groups is 1. The SMILES string of the molecule is CC(NC(=O)c1ccc(NC2=C(Cl)C(=O)N(C3CCS(=O)(=O)C3)C2=O)cc1)c1ccccc1. The minimum Gasteiger partial charge on any atom is -0.350 e. The van der Waals surface area contributed by atoms with E-state index in [4.69, 9.17) is 11.6 Å². The van der Waals surface area contributed by atoms with Gasteiger partial charge in [-0.25, -0.2) is 8.42 Å². The second-order valence-corrected chi connectivity index (χ2v) is 10.6. The van der Waals surface area contributed by atoms with Crippen LogP contribution in [-0.4, -0.2) is 48.6 Å². The number of benzene rings is 2. The molecule has 2 unspecified atom stereocenters. The summed E-state index contributed by atoms with van der Waals surface area (Å²) in [4.78, 5) is 38.8. The van der Waals surface area contributed by atoms with Crippen LogP contribution < -0.4 is 10.6 Å². The Hall–Kier alpha value is -3.17. The molecule has 2 aliphatic rings. The Bertz CT molecular complexity index is 1240. The van der Waals surface area contributed by atoms with Crippen LogP contribution in [-0.2, 0) is 19.4 Å². The molecule has 4 rings (SSSR count). The van der Waals surface area contributed by atoms with Crippen molar-refractivity contribution in [2.75, 3.05) is 16.8 Å². The highest BCUT2D eigenvalue weighted by Gasteiger charge is 2.45. The van der Waals surface area contributed by atoms with Crippen molar-refractivity contribution < 1.29 is 22.8 Å². The monoisotopic (exact) mass is 487 g/mol. The first-order valence-corrected chi connectivity index (χ1v) is 12.6. The highest BCUT2D eigenvalue weighted by atomic mass is 35.5. The predicted molar refractivity (Wildman–Crippen MR) is 124 cm³/mol. The number of nitrogens with zero attached hydrogens (tertiary/aromatic N) is 1. The summed E-state index contributed by atoms with van der Waals surface area (Å²) in [7, 11) is -3.28. The summed E-state index contributed by atoms with van der Waals surface area (Å²) in [6, 6.07) is 15.1. The molecule has 1 fully saturated rings. The van der Waals surface area contributed by atoms with Gasteiger partial charge in [0.2, 0.25) is 0 Å². The second kappa shape index (κ2) is 8.99. The topological polar surface area (TPSA) is 113 Å². The average Bonchev–Trinajstić information content (AvgIpc) is 3.25. The predicted octanol–water partition coefficient (Wildman–Crippen LogP) is 2.60. The van der Waals surface area contributed by atoms with E-state index < -0.39 is 27.7 Å². The molecule has 3 amide bonds. The summed E-state index contributed by atoms with van der Waals surface area (Å²) < 4.78 is 23.5. The molecule has 2 heterocycles. The van der Waals surface area contributed by atoms with Gasteiger partial charge in [0.15, 0.2) is 9.84 Å². The number of anilines is 1. The molecular formula is C23H22ClN3O5S. The number of carbonyl (C=O) groups excluding carboxylic acids is 3. The molecule has 2 N–H and O–H groups in total. The molecule has 1 saturated heterocycles. The Balaban J connectivity index is 1.43. The van der Waals surface area contributed by atoms with E-state index in [2.05, 4.69) is 10.6 Å². The van der Waals surface area contributed by atoms with Crippen LogP contribution in [0.25, 0.3) is 0 Å². The number of sulfone groups is 1. The lowest BCUT2D eigenvalue weighted by Crippen LogP contribution is -2.42. The number of nitrogens with one attached hydrogen (secondary N) is 2. The van der Waals surface area contributed by atoms with Crippen LogP contribution >= 0.6 is 11.6 Å². The maximum Gasteiger partial charge on any atom is 0.279 e. The molecule has 0 spiro atoms. The fraction of sp³-hybridized carbons (Fsp3) is 0.261. The Morgan fingerprint density at radius 1 is 1.06 bits per heavy atom. The van der Waals surface area contributed by atoms with E-state index >= 15 is 0 Å². The maximum atomic E-state index is 12.8. The van der Waals surface area contributed by atoms with E-state index in [1.165, 1.54) is 0 Å². The van der Waals surface area contributed by atoms with Crippen LogP contribution in [0, 0.1) is 0 Å². The van der Waals surface area contributed by atoms with Gasteiger partial charge in [0.25, 0.3) is 17.7 Å². The average molecular weight is 488 g/mol. The third-order valence-corrected chi connectivity index (χ3v) is 7.80. The van der Waals surface area contributed by atoms with Crippen molar-refractivity contribution in [3.05, 3.63) is 76.5 Å². The summed E-state index contributed by atoms with van der Waals surface area (Å²) >= 11 is 6.11. The van der Waals surface area contributed by atoms with Gasteiger partial charge >= 0.3 is 0 Å². The number of halogens is 1. The third-order valence-electron chi connectivity index (χ3n) is 5.70. The third kappa shape index (κ3) is 4.79. The van der Waals surface area contributed by atoms with Crippen molar-refractivity contribution in [1.29, 1.82) is 0 Å². The first-order valence-electron chi connectivity index (χ1n) is 10.4. The van der Waals surface area contributed by atoms with Crippen molar-refractivity contribution >= 4 is 44.8 Å². The molecule has 2 aliphatic heterocycles. The van der Waals surface area contributed by atoms with Gasteiger partial charge in [-0.3, -0.25) is 19.3 Å². The molecule has 2 aromatic rings. The van der Waals surface area contributed by atoms with Crippen molar-refractivity contribution in [2.24, 2.45) is 0 Å². The summed E-state index contributed by atoms with van der Waals surface area (Å²) in [5.41, 5.74) is 1.75. The van der Waals surface area contributed by atoms with E-state index in [-0.39, 0.29) is 40.6 Å². The minimum absolute atomic E-state index is 0.0679. The number of hydrogen-bond donors (Lipinski definition) is 2. The van der Waals surface area contributed by atoms with E-state index in [0.29, 0.717) is 11.3 Å². The summed E-state index contributed by atoms with van der Waals surface area (Å²) in [6.07, 6.45) is 0.197. The molecule has 0 saturated carbocycles. The molecule has 8 nitrogen and oxygen atoms in total. The van der Waals surface area contributed by atoms with Crippen LogP contribution in [0.2, 0.25) is 0 Å². The van der Waals surface area contributed by atoms with Crippen molar-refractivity contribution in [3.63, 3.8) is 0 Å². The van der Waals surface area contributed by atoms with E-state index in [0.717, 1.165) is 10.5 Å². The van der Waals surface area contributed by atoms with Crippen LogP contribution in [0.4, 0.5) is 5.69 Å². The summed E-state index contributed by atoms with van der Waals surface area (Å²) in [5.74, 6) is -1.95. The molecule has 10 heteroatoms. The van der Waals surface area contributed by atoms with Crippen molar-refractivity contribution in [3.8, 4) is 0 Å². The molecule has 0 radical (unpaired) electrons. The van der Waals surface area contributed by atoms with Crippen LogP contribution in [0.15, 0.2) is 65.3 Å². The number of carbonyl (C=O) groups is 3. The van der Waals surface area contributed by atoms with Crippen LogP contribution in [0.3, 0.4) is 0 Å². The Labute approximate surface area is 196 Å². The molecule has 2 aromatic carbocycles. The fourth-order valence-electron chi connectivity index (χ4n) is 3.89. The zero-order valence-electron chi connectivity index (χ0n) is 17.7. The molecule has 0 aromatic heterocycles. The lowest BCUT2D eigenvalue weighted by atomic mass is 10.1. The van der Waals surface area contributed by atoms with Crippen LogP contribution in [0.1, 0.15) is 35.3 Å². The van der Waals surface area contributed by atoms with E-state index in [9.17, 15) is 22.8 Å². The van der Waals surface area contributed by atoms with Crippen LogP contribution in [0.5, 0.6) is 0 Å². The number of hydrogen-bond acceptors (Lipinski definition) is 6. The molecule has 2 atom stereocenters. The first kappa shape index (κ1) is 23.0. The van der Waals surface area contributed by atoms with Gasteiger partial charge in [0.1, 0.15) is 10.7 Å². The maximum absolute atomic E-state index is 12.8. The molecular weight excluding hydrogens is 466 g/mol. The van der Waals surface area contributed by atoms with Gasteiger partial charge < -0.3 is 10.6 Å². The quantitative estimate of drug-likeness (QED) is 0.605. The highest BCUT2D eigenvalue weighted by molar-refractivity contribution is 7.91.